The predicted octanol–water partition coefficient (Wildman–Crippen LogP) is 5.19. The maximum absolute atomic E-state index is 13.7. The molecule has 1 aromatic heterocycles. The van der Waals surface area contributed by atoms with E-state index >= 15 is 0 Å². The van der Waals surface area contributed by atoms with E-state index in [1.54, 1.807) is 24.8 Å². The van der Waals surface area contributed by atoms with Crippen molar-refractivity contribution < 1.29 is 22.4 Å². The van der Waals surface area contributed by atoms with E-state index in [0.29, 0.717) is 28.2 Å². The highest BCUT2D eigenvalue weighted by atomic mass is 19.4. The van der Waals surface area contributed by atoms with Crippen molar-refractivity contribution in [3.63, 3.8) is 0 Å². The van der Waals surface area contributed by atoms with Crippen LogP contribution in [0.5, 0.6) is 0 Å². The van der Waals surface area contributed by atoms with E-state index in [4.69, 9.17) is 5.73 Å². The molecule has 1 aliphatic rings. The molecule has 0 aliphatic carbocycles. The van der Waals surface area contributed by atoms with Gasteiger partial charge in [-0.05, 0) is 67.4 Å². The number of aromatic nitrogens is 1. The fourth-order valence-corrected chi connectivity index (χ4v) is 3.71. The van der Waals surface area contributed by atoms with Crippen molar-refractivity contribution in [1.29, 1.82) is 0 Å². The first-order valence-corrected chi connectivity index (χ1v) is 9.35. The van der Waals surface area contributed by atoms with Crippen LogP contribution in [0.1, 0.15) is 27.0 Å². The molecule has 9 heteroatoms. The number of hydrogen-bond donors (Lipinski definition) is 1. The topological polar surface area (TPSA) is 62.5 Å². The number of hydrogen-bond acceptors (Lipinski definition) is 4. The molecule has 0 atom stereocenters. The predicted molar refractivity (Wildman–Crippen MR) is 110 cm³/mol. The SMILES string of the molecule is Cc1cc(N)ncc1N1CN(c2ccc(F)cc2C)c2ccc(C(F)(F)F)cc2C1=O. The van der Waals surface area contributed by atoms with Crippen LogP contribution in [-0.4, -0.2) is 17.6 Å². The van der Waals surface area contributed by atoms with Gasteiger partial charge in [-0.1, -0.05) is 0 Å². The number of benzene rings is 2. The standard InChI is InChI=1S/C22H18F4N4O/c1-12-7-15(23)4-6-17(12)29-11-30(19-10-28-20(27)8-13(19)2)21(31)16-9-14(22(24,25)26)3-5-18(16)29/h3-10H,11H2,1-2H3,(H2,27,28). The van der Waals surface area contributed by atoms with Gasteiger partial charge in [0.15, 0.2) is 0 Å². The lowest BCUT2D eigenvalue weighted by Gasteiger charge is -2.39. The van der Waals surface area contributed by atoms with E-state index in [-0.39, 0.29) is 18.1 Å². The summed E-state index contributed by atoms with van der Waals surface area (Å²) in [5.41, 5.74) is 7.19. The first kappa shape index (κ1) is 20.6. The zero-order valence-electron chi connectivity index (χ0n) is 16.7. The monoisotopic (exact) mass is 430 g/mol. The number of nitrogens with two attached hydrogens (primary N) is 1. The number of fused-ring (bicyclic) bond motifs is 1. The Morgan fingerprint density at radius 3 is 2.26 bits per heavy atom. The molecular formula is C22H18F4N4O. The molecule has 2 aromatic carbocycles. The average molecular weight is 430 g/mol. The molecule has 3 aromatic rings. The summed E-state index contributed by atoms with van der Waals surface area (Å²) in [5, 5.41) is 0. The van der Waals surface area contributed by atoms with Crippen LogP contribution in [-0.2, 0) is 6.18 Å². The van der Waals surface area contributed by atoms with E-state index in [0.717, 1.165) is 12.1 Å². The van der Waals surface area contributed by atoms with Gasteiger partial charge in [0.05, 0.1) is 28.7 Å². The molecule has 0 saturated carbocycles. The third-order valence-electron chi connectivity index (χ3n) is 5.22. The van der Waals surface area contributed by atoms with Gasteiger partial charge in [-0.3, -0.25) is 9.69 Å². The molecule has 1 aliphatic heterocycles. The molecule has 1 amide bonds. The Kier molecular flexibility index (Phi) is 4.83. The van der Waals surface area contributed by atoms with Crippen LogP contribution < -0.4 is 15.5 Å². The number of nitrogen functional groups attached to an aromatic ring is 1. The summed E-state index contributed by atoms with van der Waals surface area (Å²) in [7, 11) is 0. The van der Waals surface area contributed by atoms with Gasteiger partial charge in [-0.25, -0.2) is 9.37 Å². The van der Waals surface area contributed by atoms with Crippen LogP contribution in [0.3, 0.4) is 0 Å². The van der Waals surface area contributed by atoms with Crippen LogP contribution in [0, 0.1) is 19.7 Å². The Morgan fingerprint density at radius 2 is 1.61 bits per heavy atom. The second-order valence-electron chi connectivity index (χ2n) is 7.36. The minimum absolute atomic E-state index is 0.0100. The van der Waals surface area contributed by atoms with Crippen molar-refractivity contribution in [2.45, 2.75) is 20.0 Å². The molecule has 0 unspecified atom stereocenters. The first-order valence-electron chi connectivity index (χ1n) is 9.35. The smallest absolute Gasteiger partial charge is 0.384 e. The molecule has 0 fully saturated rings. The maximum atomic E-state index is 13.7. The van der Waals surface area contributed by atoms with E-state index in [2.05, 4.69) is 4.98 Å². The highest BCUT2D eigenvalue weighted by Crippen LogP contribution is 2.40. The zero-order valence-corrected chi connectivity index (χ0v) is 16.7. The normalized spacial score (nSPS) is 14.1. The van der Waals surface area contributed by atoms with E-state index in [1.165, 1.54) is 35.4 Å². The van der Waals surface area contributed by atoms with Crippen molar-refractivity contribution in [3.8, 4) is 0 Å². The fourth-order valence-electron chi connectivity index (χ4n) is 3.71. The summed E-state index contributed by atoms with van der Waals surface area (Å²) in [6.45, 7) is 3.44. The molecule has 0 bridgehead atoms. The Balaban J connectivity index is 1.92. The largest absolute Gasteiger partial charge is 0.416 e. The highest BCUT2D eigenvalue weighted by Gasteiger charge is 2.37. The van der Waals surface area contributed by atoms with Gasteiger partial charge in [0.1, 0.15) is 18.3 Å². The van der Waals surface area contributed by atoms with Gasteiger partial charge in [-0.2, -0.15) is 13.2 Å². The number of rotatable bonds is 2. The number of carbonyl (C=O) groups is 1. The minimum atomic E-state index is -4.60. The third kappa shape index (κ3) is 3.67. The number of pyridine rings is 1. The quantitative estimate of drug-likeness (QED) is 0.568. The molecule has 4 rings (SSSR count). The molecule has 2 heterocycles. The average Bonchev–Trinajstić information content (AvgIpc) is 2.68. The lowest BCUT2D eigenvalue weighted by molar-refractivity contribution is -0.137. The van der Waals surface area contributed by atoms with Gasteiger partial charge < -0.3 is 10.6 Å². The Hall–Kier alpha value is -3.62. The molecule has 0 radical (unpaired) electrons. The molecular weight excluding hydrogens is 412 g/mol. The second kappa shape index (κ2) is 7.26. The summed E-state index contributed by atoms with van der Waals surface area (Å²) in [4.78, 5) is 20.3. The summed E-state index contributed by atoms with van der Waals surface area (Å²) in [5.74, 6) is -0.763. The van der Waals surface area contributed by atoms with Gasteiger partial charge in [0.2, 0.25) is 0 Å². The van der Waals surface area contributed by atoms with Gasteiger partial charge >= 0.3 is 6.18 Å². The summed E-state index contributed by atoms with van der Waals surface area (Å²) in [6, 6.07) is 8.76. The summed E-state index contributed by atoms with van der Waals surface area (Å²) >= 11 is 0. The highest BCUT2D eigenvalue weighted by molar-refractivity contribution is 6.13. The number of amides is 1. The van der Waals surface area contributed by atoms with Crippen molar-refractivity contribution >= 4 is 28.8 Å². The molecule has 5 nitrogen and oxygen atoms in total. The maximum Gasteiger partial charge on any atom is 0.416 e. The van der Waals surface area contributed by atoms with E-state index in [1.807, 2.05) is 0 Å². The van der Waals surface area contributed by atoms with Crippen LogP contribution in [0.2, 0.25) is 0 Å². The Labute approximate surface area is 175 Å². The van der Waals surface area contributed by atoms with Gasteiger partial charge in [-0.15, -0.1) is 0 Å². The molecule has 0 spiro atoms. The minimum Gasteiger partial charge on any atom is -0.384 e. The van der Waals surface area contributed by atoms with Crippen LogP contribution in [0.25, 0.3) is 0 Å². The first-order chi connectivity index (χ1) is 14.6. The van der Waals surface area contributed by atoms with Crippen LogP contribution in [0.4, 0.5) is 40.4 Å². The summed E-state index contributed by atoms with van der Waals surface area (Å²) < 4.78 is 53.7. The van der Waals surface area contributed by atoms with E-state index < -0.39 is 23.5 Å². The van der Waals surface area contributed by atoms with Crippen LogP contribution >= 0.6 is 0 Å². The number of halogens is 4. The number of nitrogens with zero attached hydrogens (tertiary/aromatic N) is 3. The lowest BCUT2D eigenvalue weighted by atomic mass is 10.0. The number of anilines is 4. The molecule has 31 heavy (non-hydrogen) atoms. The summed E-state index contributed by atoms with van der Waals surface area (Å²) in [6.07, 6.45) is -3.19. The lowest BCUT2D eigenvalue weighted by Crippen LogP contribution is -2.45. The Bertz CT molecular complexity index is 1190. The zero-order chi connectivity index (χ0) is 22.5. The number of carbonyl (C=O) groups excluding carboxylic acids is 1. The van der Waals surface area contributed by atoms with Crippen LogP contribution in [0.15, 0.2) is 48.7 Å². The molecule has 2 N–H and O–H groups in total. The van der Waals surface area contributed by atoms with Crippen molar-refractivity contribution in [2.24, 2.45) is 0 Å². The molecule has 0 saturated heterocycles. The number of aryl methyl sites for hydroxylation is 2. The van der Waals surface area contributed by atoms with Gasteiger partial charge in [0, 0.05) is 5.69 Å². The van der Waals surface area contributed by atoms with Crippen molar-refractivity contribution in [3.05, 3.63) is 76.7 Å². The molecule has 160 valence electrons. The second-order valence-corrected chi connectivity index (χ2v) is 7.36. The Morgan fingerprint density at radius 1 is 0.935 bits per heavy atom. The third-order valence-corrected chi connectivity index (χ3v) is 5.22. The number of alkyl halides is 3. The fraction of sp³-hybridized carbons (Fsp3) is 0.182. The van der Waals surface area contributed by atoms with Gasteiger partial charge in [0.25, 0.3) is 5.91 Å². The van der Waals surface area contributed by atoms with Crippen molar-refractivity contribution in [2.75, 3.05) is 22.2 Å². The van der Waals surface area contributed by atoms with E-state index in [9.17, 15) is 22.4 Å². The van der Waals surface area contributed by atoms with Crippen molar-refractivity contribution in [1.82, 2.24) is 4.98 Å².